The third kappa shape index (κ3) is 8.27. The van der Waals surface area contributed by atoms with Crippen molar-refractivity contribution in [2.24, 2.45) is 5.73 Å². The van der Waals surface area contributed by atoms with Crippen LogP contribution < -0.4 is 21.1 Å². The van der Waals surface area contributed by atoms with Crippen molar-refractivity contribution in [2.45, 2.75) is 12.8 Å². The molecular weight excluding hydrogens is 432 g/mol. The molecule has 2 aromatic heterocycles. The van der Waals surface area contributed by atoms with Crippen LogP contribution >= 0.6 is 11.6 Å². The Labute approximate surface area is 192 Å². The van der Waals surface area contributed by atoms with Crippen LogP contribution in [0.4, 0.5) is 17.5 Å². The van der Waals surface area contributed by atoms with Gasteiger partial charge >= 0.3 is 0 Å². The summed E-state index contributed by atoms with van der Waals surface area (Å²) in [6.45, 7) is 1.60. The molecule has 0 radical (unpaired) electrons. The summed E-state index contributed by atoms with van der Waals surface area (Å²) in [6, 6.07) is 10.9. The summed E-state index contributed by atoms with van der Waals surface area (Å²) in [7, 11) is 1.59. The first-order chi connectivity index (χ1) is 15.6. The number of halogens is 1. The Balaban J connectivity index is 0.000000654. The number of anilines is 3. The molecule has 0 unspecified atom stereocenters. The van der Waals surface area contributed by atoms with E-state index < -0.39 is 0 Å². The van der Waals surface area contributed by atoms with E-state index in [1.165, 1.54) is 0 Å². The van der Waals surface area contributed by atoms with Gasteiger partial charge in [0, 0.05) is 42.7 Å². The zero-order chi connectivity index (χ0) is 23.2. The molecule has 1 aromatic carbocycles. The number of methoxy groups -OCH3 is 1. The fraction of sp³-hybridized carbons (Fsp3) is 0.318. The van der Waals surface area contributed by atoms with Crippen molar-refractivity contribution in [1.82, 2.24) is 15.0 Å². The Hall–Kier alpha value is -2.98. The number of ether oxygens (including phenoxy) is 1. The Morgan fingerprint density at radius 3 is 2.50 bits per heavy atom. The maximum absolute atomic E-state index is 8.88. The number of nitrogens with one attached hydrogen (secondary N) is 2. The molecule has 0 fully saturated rings. The van der Waals surface area contributed by atoms with Crippen LogP contribution in [0.3, 0.4) is 0 Å². The number of benzene rings is 1. The minimum Gasteiger partial charge on any atom is -0.495 e. The van der Waals surface area contributed by atoms with E-state index >= 15 is 0 Å². The van der Waals surface area contributed by atoms with Crippen LogP contribution in [-0.4, -0.2) is 58.6 Å². The summed E-state index contributed by atoms with van der Waals surface area (Å²) < 4.78 is 5.34. The molecule has 32 heavy (non-hydrogen) atoms. The van der Waals surface area contributed by atoms with Gasteiger partial charge in [-0.2, -0.15) is 0 Å². The maximum Gasteiger partial charge on any atom is 0.227 e. The number of aliphatic hydroxyl groups excluding tert-OH is 2. The molecule has 0 aliphatic heterocycles. The highest BCUT2D eigenvalue weighted by atomic mass is 35.5. The zero-order valence-corrected chi connectivity index (χ0v) is 18.7. The number of pyridine rings is 1. The molecule has 3 aromatic rings. The van der Waals surface area contributed by atoms with Gasteiger partial charge in [-0.1, -0.05) is 11.6 Å². The normalized spacial score (nSPS) is 10.2. The van der Waals surface area contributed by atoms with Crippen LogP contribution in [0.15, 0.2) is 48.8 Å². The fourth-order valence-corrected chi connectivity index (χ4v) is 2.72. The first-order valence-corrected chi connectivity index (χ1v) is 10.5. The molecule has 0 aliphatic rings. The van der Waals surface area contributed by atoms with Gasteiger partial charge in [0.2, 0.25) is 5.95 Å². The summed E-state index contributed by atoms with van der Waals surface area (Å²) in [6.07, 6.45) is 4.78. The third-order valence-electron chi connectivity index (χ3n) is 4.12. The predicted octanol–water partition coefficient (Wildman–Crippen LogP) is 3.07. The smallest absolute Gasteiger partial charge is 0.227 e. The average molecular weight is 461 g/mol. The van der Waals surface area contributed by atoms with E-state index in [9.17, 15) is 0 Å². The topological polar surface area (TPSA) is 138 Å². The monoisotopic (exact) mass is 460 g/mol. The minimum atomic E-state index is 0.139. The first-order valence-electron chi connectivity index (χ1n) is 10.2. The molecule has 2 heterocycles. The summed E-state index contributed by atoms with van der Waals surface area (Å²) in [5.74, 6) is 1.80. The molecule has 10 heteroatoms. The number of aromatic nitrogens is 3. The third-order valence-corrected chi connectivity index (χ3v) is 4.36. The van der Waals surface area contributed by atoms with Crippen LogP contribution in [0.25, 0.3) is 11.3 Å². The van der Waals surface area contributed by atoms with Gasteiger partial charge in [0.1, 0.15) is 11.6 Å². The lowest BCUT2D eigenvalue weighted by Crippen LogP contribution is -2.05. The Morgan fingerprint density at radius 2 is 1.81 bits per heavy atom. The minimum absolute atomic E-state index is 0.139. The largest absolute Gasteiger partial charge is 0.495 e. The number of nitrogens with two attached hydrogens (primary N) is 1. The number of rotatable bonds is 10. The Bertz CT molecular complexity index is 958. The van der Waals surface area contributed by atoms with Gasteiger partial charge in [0.05, 0.1) is 18.5 Å². The van der Waals surface area contributed by atoms with Gasteiger partial charge in [0.15, 0.2) is 0 Å². The molecule has 0 aliphatic carbocycles. The summed E-state index contributed by atoms with van der Waals surface area (Å²) in [5, 5.41) is 23.8. The molecule has 0 saturated heterocycles. The van der Waals surface area contributed by atoms with Crippen LogP contribution in [0.2, 0.25) is 5.02 Å². The highest BCUT2D eigenvalue weighted by molar-refractivity contribution is 6.31. The van der Waals surface area contributed by atoms with Crippen molar-refractivity contribution in [3.05, 3.63) is 53.8 Å². The molecular formula is C22H29ClN6O3. The van der Waals surface area contributed by atoms with E-state index in [1.54, 1.807) is 37.7 Å². The highest BCUT2D eigenvalue weighted by Gasteiger charge is 2.08. The van der Waals surface area contributed by atoms with E-state index in [2.05, 4.69) is 25.6 Å². The van der Waals surface area contributed by atoms with Crippen molar-refractivity contribution in [1.29, 1.82) is 0 Å². The number of hydrogen-bond donors (Lipinski definition) is 5. The van der Waals surface area contributed by atoms with Crippen LogP contribution in [0.5, 0.6) is 5.75 Å². The molecule has 0 saturated carbocycles. The number of nitrogens with zero attached hydrogens (tertiary/aromatic N) is 3. The molecule has 172 valence electrons. The lowest BCUT2D eigenvalue weighted by molar-refractivity contribution is 0.291. The maximum atomic E-state index is 8.88. The second-order valence-corrected chi connectivity index (χ2v) is 6.97. The van der Waals surface area contributed by atoms with Gasteiger partial charge in [-0.25, -0.2) is 15.0 Å². The molecule has 0 bridgehead atoms. The van der Waals surface area contributed by atoms with Crippen molar-refractivity contribution in [3.63, 3.8) is 0 Å². The SMILES string of the molecule is COc1ccc(Cl)cc1Nc1nccc(-c2ccnc(NCCCO)c2)n1.NCCCO. The van der Waals surface area contributed by atoms with Crippen molar-refractivity contribution >= 4 is 29.1 Å². The molecule has 6 N–H and O–H groups in total. The van der Waals surface area contributed by atoms with E-state index in [4.69, 9.17) is 32.3 Å². The highest BCUT2D eigenvalue weighted by Crippen LogP contribution is 2.30. The number of aliphatic hydroxyl groups is 2. The summed E-state index contributed by atoms with van der Waals surface area (Å²) >= 11 is 6.07. The lowest BCUT2D eigenvalue weighted by Gasteiger charge is -2.11. The van der Waals surface area contributed by atoms with Crippen molar-refractivity contribution in [2.75, 3.05) is 44.0 Å². The molecule has 9 nitrogen and oxygen atoms in total. The molecule has 3 rings (SSSR count). The van der Waals surface area contributed by atoms with Gasteiger partial charge in [-0.15, -0.1) is 0 Å². The lowest BCUT2D eigenvalue weighted by atomic mass is 10.2. The van der Waals surface area contributed by atoms with Gasteiger partial charge in [-0.3, -0.25) is 0 Å². The predicted molar refractivity (Wildman–Crippen MR) is 127 cm³/mol. The molecule has 0 spiro atoms. The van der Waals surface area contributed by atoms with Gasteiger partial charge in [-0.05, 0) is 55.8 Å². The first kappa shape index (κ1) is 25.3. The second-order valence-electron chi connectivity index (χ2n) is 6.53. The van der Waals surface area contributed by atoms with Crippen molar-refractivity contribution < 1.29 is 14.9 Å². The Morgan fingerprint density at radius 1 is 1.03 bits per heavy atom. The van der Waals surface area contributed by atoms with Crippen molar-refractivity contribution in [3.8, 4) is 17.0 Å². The fourth-order valence-electron chi connectivity index (χ4n) is 2.55. The van der Waals surface area contributed by atoms with E-state index in [-0.39, 0.29) is 13.2 Å². The van der Waals surface area contributed by atoms with E-state index in [0.29, 0.717) is 41.9 Å². The quantitative estimate of drug-likeness (QED) is 0.289. The summed E-state index contributed by atoms with van der Waals surface area (Å²) in [5.41, 5.74) is 7.32. The summed E-state index contributed by atoms with van der Waals surface area (Å²) in [4.78, 5) is 13.1. The van der Waals surface area contributed by atoms with Gasteiger partial charge in [0.25, 0.3) is 0 Å². The second kappa shape index (κ2) is 14.2. The van der Waals surface area contributed by atoms with E-state index in [1.807, 2.05) is 18.2 Å². The van der Waals surface area contributed by atoms with Crippen LogP contribution in [0.1, 0.15) is 12.8 Å². The van der Waals surface area contributed by atoms with Crippen LogP contribution in [-0.2, 0) is 0 Å². The van der Waals surface area contributed by atoms with Crippen LogP contribution in [0, 0.1) is 0 Å². The van der Waals surface area contributed by atoms with Gasteiger partial charge < -0.3 is 31.3 Å². The average Bonchev–Trinajstić information content (AvgIpc) is 2.81. The zero-order valence-electron chi connectivity index (χ0n) is 18.0. The molecule has 0 atom stereocenters. The van der Waals surface area contributed by atoms with E-state index in [0.717, 1.165) is 23.5 Å². The number of hydrogen-bond acceptors (Lipinski definition) is 9. The molecule has 0 amide bonds. The standard InChI is InChI=1S/C19H20ClN5O2.C3H9NO/c1-27-17-4-3-14(20)12-16(17)25-19-23-9-6-15(24-19)13-5-8-22-18(11-13)21-7-2-10-26;4-2-1-3-5/h3-6,8-9,11-12,26H,2,7,10H2,1H3,(H,21,22)(H,23,24,25);5H,1-4H2. The Kier molecular flexibility index (Phi) is 11.2.